The molecule has 2 atom stereocenters. The molecule has 318 valence electrons. The van der Waals surface area contributed by atoms with Crippen LogP contribution in [0.5, 0.6) is 0 Å². The van der Waals surface area contributed by atoms with E-state index in [-0.39, 0.29) is 32.1 Å². The molecule has 0 aromatic heterocycles. The summed E-state index contributed by atoms with van der Waals surface area (Å²) in [7, 11) is -4.44. The number of phosphoric ester groups is 1. The highest BCUT2D eigenvalue weighted by Gasteiger charge is 2.23. The first-order valence-electron chi connectivity index (χ1n) is 21.2. The van der Waals surface area contributed by atoms with Crippen LogP contribution in [-0.2, 0) is 27.9 Å². The Balaban J connectivity index is 3.78. The molecule has 0 aromatic rings. The summed E-state index contributed by atoms with van der Waals surface area (Å²) in [6.07, 6.45) is 53.6. The first kappa shape index (κ1) is 52.9. The van der Waals surface area contributed by atoms with Gasteiger partial charge >= 0.3 is 13.8 Å². The summed E-state index contributed by atoms with van der Waals surface area (Å²) in [5.41, 5.74) is 0. The van der Waals surface area contributed by atoms with Crippen LogP contribution in [0.15, 0.2) is 97.2 Å². The number of carbonyl (C=O) groups excluding carboxylic acids is 2. The average molecular weight is 802 g/mol. The lowest BCUT2D eigenvalue weighted by atomic mass is 10.1. The van der Waals surface area contributed by atoms with E-state index in [1.54, 1.807) is 6.08 Å². The van der Waals surface area contributed by atoms with E-state index in [2.05, 4.69) is 98.2 Å². The predicted molar refractivity (Wildman–Crippen MR) is 233 cm³/mol. The maximum atomic E-state index is 12.1. The summed E-state index contributed by atoms with van der Waals surface area (Å²) in [5, 5.41) is 12.7. The number of esters is 1. The number of hydrogen-bond acceptors (Lipinski definition) is 7. The molecule has 2 unspecified atom stereocenters. The lowest BCUT2D eigenvalue weighted by molar-refractivity contribution is -0.146. The Morgan fingerprint density at radius 2 is 1.05 bits per heavy atom. The average Bonchev–Trinajstić information content (AvgIpc) is 3.18. The molecule has 0 aliphatic heterocycles. The fourth-order valence-electron chi connectivity index (χ4n) is 5.11. The maximum Gasteiger partial charge on any atom is 0.472 e. The summed E-state index contributed by atoms with van der Waals surface area (Å²) in [4.78, 5) is 33.8. The molecular weight excluding hydrogens is 725 g/mol. The molecule has 0 radical (unpaired) electrons. The van der Waals surface area contributed by atoms with Gasteiger partial charge in [0.05, 0.1) is 19.6 Å². The molecule has 10 heteroatoms. The Kier molecular flexibility index (Phi) is 39.3. The van der Waals surface area contributed by atoms with E-state index in [9.17, 15) is 24.2 Å². The summed E-state index contributed by atoms with van der Waals surface area (Å²) >= 11 is 0. The van der Waals surface area contributed by atoms with Crippen molar-refractivity contribution in [3.63, 3.8) is 0 Å². The largest absolute Gasteiger partial charge is 0.472 e. The molecule has 0 saturated carbocycles. The van der Waals surface area contributed by atoms with Crippen LogP contribution >= 0.6 is 7.82 Å². The second-order valence-corrected chi connectivity index (χ2v) is 15.0. The van der Waals surface area contributed by atoms with Gasteiger partial charge in [-0.3, -0.25) is 18.6 Å². The number of allylic oxidation sites excluding steroid dienone is 15. The van der Waals surface area contributed by atoms with Gasteiger partial charge in [-0.1, -0.05) is 156 Å². The normalized spacial score (nSPS) is 14.3. The van der Waals surface area contributed by atoms with Crippen LogP contribution in [-0.4, -0.2) is 54.3 Å². The summed E-state index contributed by atoms with van der Waals surface area (Å²) < 4.78 is 26.7. The lowest BCUT2D eigenvalue weighted by Gasteiger charge is -2.15. The summed E-state index contributed by atoms with van der Waals surface area (Å²) in [5.74, 6) is -0.668. The molecule has 0 spiro atoms. The first-order chi connectivity index (χ1) is 27.3. The van der Waals surface area contributed by atoms with Crippen LogP contribution in [0.2, 0.25) is 0 Å². The van der Waals surface area contributed by atoms with Gasteiger partial charge in [-0.05, 0) is 77.0 Å². The molecule has 0 rings (SSSR count). The second-order valence-electron chi connectivity index (χ2n) is 13.6. The van der Waals surface area contributed by atoms with Crippen molar-refractivity contribution < 1.29 is 37.9 Å². The van der Waals surface area contributed by atoms with E-state index in [1.165, 1.54) is 44.9 Å². The van der Waals surface area contributed by atoms with Crippen molar-refractivity contribution in [2.24, 2.45) is 0 Å². The molecule has 3 N–H and O–H groups in total. The van der Waals surface area contributed by atoms with Gasteiger partial charge in [0.2, 0.25) is 5.91 Å². The number of ether oxygens (including phenoxy) is 1. The molecule has 0 aliphatic rings. The third kappa shape index (κ3) is 42.1. The van der Waals surface area contributed by atoms with Crippen LogP contribution in [0.25, 0.3) is 0 Å². The quantitative estimate of drug-likeness (QED) is 0.0243. The zero-order chi connectivity index (χ0) is 41.1. The SMILES string of the molecule is CC/C=C\C/C=C\C/C=C\C/C=C\C/C=C\C/C=C\C/C=C\CC(=O)OCC(O)COP(=O)(O)OCCNC(=O)CCCCCCC/C=C\CCCCCCC. The number of aliphatic hydroxyl groups excluding tert-OH is 1. The number of unbranched alkanes of at least 4 members (excludes halogenated alkanes) is 10. The van der Waals surface area contributed by atoms with E-state index in [1.807, 2.05) is 12.2 Å². The molecule has 0 bridgehead atoms. The van der Waals surface area contributed by atoms with Gasteiger partial charge in [0.1, 0.15) is 12.7 Å². The van der Waals surface area contributed by atoms with Gasteiger partial charge in [0.25, 0.3) is 0 Å². The van der Waals surface area contributed by atoms with Crippen molar-refractivity contribution in [3.8, 4) is 0 Å². The fraction of sp³-hybridized carbons (Fsp3) is 0.609. The smallest absolute Gasteiger partial charge is 0.463 e. The highest BCUT2D eigenvalue weighted by molar-refractivity contribution is 7.47. The van der Waals surface area contributed by atoms with Crippen molar-refractivity contribution in [1.29, 1.82) is 0 Å². The third-order valence-electron chi connectivity index (χ3n) is 8.28. The molecule has 0 heterocycles. The zero-order valence-electron chi connectivity index (χ0n) is 34.8. The predicted octanol–water partition coefficient (Wildman–Crippen LogP) is 11.8. The van der Waals surface area contributed by atoms with Gasteiger partial charge < -0.3 is 20.1 Å². The van der Waals surface area contributed by atoms with E-state index in [0.717, 1.165) is 70.6 Å². The van der Waals surface area contributed by atoms with Crippen molar-refractivity contribution in [2.75, 3.05) is 26.4 Å². The van der Waals surface area contributed by atoms with Crippen LogP contribution in [0.3, 0.4) is 0 Å². The van der Waals surface area contributed by atoms with E-state index >= 15 is 0 Å². The Morgan fingerprint density at radius 1 is 0.589 bits per heavy atom. The Labute approximate surface area is 340 Å². The molecule has 0 fully saturated rings. The van der Waals surface area contributed by atoms with Gasteiger partial charge in [-0.2, -0.15) is 0 Å². The number of hydrogen-bond donors (Lipinski definition) is 3. The van der Waals surface area contributed by atoms with Gasteiger partial charge in [-0.15, -0.1) is 0 Å². The summed E-state index contributed by atoms with van der Waals surface area (Å²) in [6.45, 7) is 3.28. The minimum atomic E-state index is -4.44. The van der Waals surface area contributed by atoms with E-state index in [0.29, 0.717) is 12.8 Å². The first-order valence-corrected chi connectivity index (χ1v) is 22.7. The topological polar surface area (TPSA) is 131 Å². The molecule has 9 nitrogen and oxygen atoms in total. The standard InChI is InChI=1S/C46H76NO8P/c1-3-5-7-9-11-13-15-17-19-20-21-22-23-24-25-27-29-31-33-35-37-39-46(50)53-42-44(48)43-55-56(51,52)54-41-40-47-45(49)38-36-34-32-30-28-26-18-16-14-12-10-8-6-4-2/h5,7,11,13,16-19,21-22,24-25,29,31,35,37,44,48H,3-4,6,8-10,12,14-15,20,23,26-28,30,32-34,36,38-43H2,1-2H3,(H,47,49)(H,51,52)/b7-5-,13-11-,18-16-,19-17-,22-21-,25-24-,31-29-,37-35-. The number of carbonyl (C=O) groups is 2. The summed E-state index contributed by atoms with van der Waals surface area (Å²) in [6, 6.07) is 0. The van der Waals surface area contributed by atoms with Crippen molar-refractivity contribution in [3.05, 3.63) is 97.2 Å². The number of nitrogens with one attached hydrogen (secondary N) is 1. The molecule has 0 saturated heterocycles. The molecule has 0 aliphatic carbocycles. The van der Waals surface area contributed by atoms with Crippen LogP contribution in [0.1, 0.15) is 149 Å². The van der Waals surface area contributed by atoms with Crippen LogP contribution in [0.4, 0.5) is 0 Å². The number of rotatable bonds is 38. The highest BCUT2D eigenvalue weighted by Crippen LogP contribution is 2.42. The van der Waals surface area contributed by atoms with Crippen molar-refractivity contribution in [1.82, 2.24) is 5.32 Å². The van der Waals surface area contributed by atoms with Crippen LogP contribution < -0.4 is 5.32 Å². The molecule has 56 heavy (non-hydrogen) atoms. The Bertz CT molecular complexity index is 1230. The fourth-order valence-corrected chi connectivity index (χ4v) is 5.86. The Morgan fingerprint density at radius 3 is 1.57 bits per heavy atom. The monoisotopic (exact) mass is 802 g/mol. The van der Waals surface area contributed by atoms with E-state index in [4.69, 9.17) is 13.8 Å². The third-order valence-corrected chi connectivity index (χ3v) is 9.27. The van der Waals surface area contributed by atoms with Crippen molar-refractivity contribution in [2.45, 2.75) is 155 Å². The lowest BCUT2D eigenvalue weighted by Crippen LogP contribution is -2.27. The number of phosphoric acid groups is 1. The van der Waals surface area contributed by atoms with Crippen molar-refractivity contribution >= 4 is 19.7 Å². The number of aliphatic hydroxyl groups is 1. The molecule has 0 aromatic carbocycles. The minimum Gasteiger partial charge on any atom is -0.463 e. The van der Waals surface area contributed by atoms with Gasteiger partial charge in [-0.25, -0.2) is 4.57 Å². The maximum absolute atomic E-state index is 12.1. The van der Waals surface area contributed by atoms with E-state index < -0.39 is 26.5 Å². The Hall–Kier alpha value is -3.07. The highest BCUT2D eigenvalue weighted by atomic mass is 31.2. The number of amides is 1. The molecular formula is C46H76NO8P. The second kappa shape index (κ2) is 41.6. The van der Waals surface area contributed by atoms with Crippen LogP contribution in [0, 0.1) is 0 Å². The van der Waals surface area contributed by atoms with Gasteiger partial charge in [0.15, 0.2) is 0 Å². The zero-order valence-corrected chi connectivity index (χ0v) is 35.7. The van der Waals surface area contributed by atoms with Gasteiger partial charge in [0, 0.05) is 13.0 Å². The minimum absolute atomic E-state index is 0.0424. The molecule has 1 amide bonds.